The van der Waals surface area contributed by atoms with Gasteiger partial charge in [-0.1, -0.05) is 150 Å². The number of phenols is 2. The van der Waals surface area contributed by atoms with Crippen molar-refractivity contribution >= 4 is 0 Å². The van der Waals surface area contributed by atoms with Gasteiger partial charge >= 0.3 is 0 Å². The van der Waals surface area contributed by atoms with Gasteiger partial charge in [-0.05, 0) is 94.5 Å². The van der Waals surface area contributed by atoms with Gasteiger partial charge in [0.2, 0.25) is 49.6 Å². The van der Waals surface area contributed by atoms with Crippen molar-refractivity contribution in [3.05, 3.63) is 200 Å². The van der Waals surface area contributed by atoms with Crippen molar-refractivity contribution in [2.24, 2.45) is 0 Å². The second-order valence-corrected chi connectivity index (χ2v) is 25.5. The molecule has 0 spiro atoms. The summed E-state index contributed by atoms with van der Waals surface area (Å²) in [5, 5.41) is 25.6. The quantitative estimate of drug-likeness (QED) is 0.149. The number of phenolic OH excluding ortho intramolecular Hbond substituents is 2. The van der Waals surface area contributed by atoms with E-state index in [0.717, 1.165) is 95.0 Å². The Morgan fingerprint density at radius 3 is 0.919 bits per heavy atom. The van der Waals surface area contributed by atoms with Gasteiger partial charge in [0.05, 0.1) is 13.2 Å². The molecule has 2 aromatic heterocycles. The van der Waals surface area contributed by atoms with E-state index < -0.39 is 0 Å². The smallest absolute Gasteiger partial charge is 0.233 e. The summed E-state index contributed by atoms with van der Waals surface area (Å²) >= 11 is 0. The van der Waals surface area contributed by atoms with Gasteiger partial charge in [-0.15, -0.1) is 0 Å². The average Bonchev–Trinajstić information content (AvgIpc) is 3.32. The summed E-state index contributed by atoms with van der Waals surface area (Å²) in [6.45, 7) is 31.2. The van der Waals surface area contributed by atoms with E-state index in [1.165, 1.54) is 33.4 Å². The Labute approximate surface area is 442 Å². The molecule has 7 aliphatic rings. The molecule has 0 unspecified atom stereocenters. The third-order valence-corrected chi connectivity index (χ3v) is 15.1. The van der Waals surface area contributed by atoms with Crippen LogP contribution in [0.2, 0.25) is 0 Å². The van der Waals surface area contributed by atoms with Crippen LogP contribution in [0.3, 0.4) is 0 Å². The first-order valence-electron chi connectivity index (χ1n) is 27.1. The Morgan fingerprint density at radius 1 is 0.365 bits per heavy atom. The maximum atomic E-state index is 12.8. The SMILES string of the molecule is CC(C)(C)c1cc2c(O)c(c1)Cc1cc(C(C)(C)C)cc3c1OCCC[n+]1cc[n+](cc1)Cc1cccc(c1)C[n+]1cc[n+](cc1)CCCOc1c(cc(C(C)(C)C)cc1Cc1cc(C(C)(C)C)cc(c1O)C3)C2. The molecule has 74 heavy (non-hydrogen) atoms. The second kappa shape index (κ2) is 20.6. The van der Waals surface area contributed by atoms with Crippen LogP contribution < -0.4 is 27.7 Å². The standard InChI is InChI=1S/C66H80N4O4/c1-63(2,3)55-35-47-31-51-39-57(65(7,8)9)41-53-33-49-37-56(64(4,5)6)38-50(60(49)72)34-54-42-58(66(10,11)12)40-52(32-48(36-55)59(47)71)62(54)74-29-15-19-68-22-26-70(27-23-68)44-46-17-13-16-45(30-46)43-69-24-20-67(21-25-69)18-14-28-73-61(51)53/h13,16-17,20-27,30,35-42H,14-15,18-19,28-29,31-34,43-44H2,1-12H3/q+2/p+2. The largest absolute Gasteiger partial charge is 0.507 e. The molecule has 14 rings (SSSR count). The molecule has 0 radical (unpaired) electrons. The van der Waals surface area contributed by atoms with Gasteiger partial charge < -0.3 is 19.7 Å². The molecular weight excluding hydrogens is 913 g/mol. The molecule has 8 nitrogen and oxygen atoms in total. The van der Waals surface area contributed by atoms with Gasteiger partial charge in [0.15, 0.2) is 26.2 Å². The van der Waals surface area contributed by atoms with Gasteiger partial charge in [-0.3, -0.25) is 0 Å². The zero-order chi connectivity index (χ0) is 52.7. The number of ether oxygens (including phenoxy) is 2. The molecule has 0 saturated heterocycles. The highest BCUT2D eigenvalue weighted by Gasteiger charge is 2.29. The van der Waals surface area contributed by atoms with Crippen molar-refractivity contribution in [2.45, 2.75) is 169 Å². The van der Waals surface area contributed by atoms with Crippen LogP contribution in [0, 0.1) is 0 Å². The molecule has 0 atom stereocenters. The van der Waals surface area contributed by atoms with E-state index in [1.807, 2.05) is 0 Å². The lowest BCUT2D eigenvalue weighted by atomic mass is 9.79. The van der Waals surface area contributed by atoms with E-state index in [1.54, 1.807) is 0 Å². The molecule has 386 valence electrons. The van der Waals surface area contributed by atoms with Gasteiger partial charge in [0.25, 0.3) is 0 Å². The topological polar surface area (TPSA) is 74.4 Å². The Hall–Kier alpha value is -6.54. The zero-order valence-electron chi connectivity index (χ0n) is 46.5. The highest BCUT2D eigenvalue weighted by Crippen LogP contribution is 2.44. The first-order chi connectivity index (χ1) is 34.9. The van der Waals surface area contributed by atoms with Crippen LogP contribution in [-0.2, 0) is 73.5 Å². The van der Waals surface area contributed by atoms with Crippen LogP contribution in [-0.4, -0.2) is 23.4 Å². The third kappa shape index (κ3) is 12.2. The fourth-order valence-corrected chi connectivity index (χ4v) is 10.5. The first-order valence-corrected chi connectivity index (χ1v) is 27.1. The highest BCUT2D eigenvalue weighted by atomic mass is 16.5. The van der Waals surface area contributed by atoms with Crippen molar-refractivity contribution in [1.82, 2.24) is 0 Å². The number of hydrogen-bond acceptors (Lipinski definition) is 4. The number of benzene rings is 5. The first kappa shape index (κ1) is 52.3. The average molecular weight is 995 g/mol. The molecule has 0 fully saturated rings. The van der Waals surface area contributed by atoms with Gasteiger partial charge in [0.1, 0.15) is 23.0 Å². The fourth-order valence-electron chi connectivity index (χ4n) is 10.5. The summed E-state index contributed by atoms with van der Waals surface area (Å²) in [7, 11) is 0. The third-order valence-electron chi connectivity index (χ3n) is 15.1. The van der Waals surface area contributed by atoms with E-state index in [4.69, 9.17) is 9.47 Å². The number of hydrogen-bond donors (Lipinski definition) is 2. The van der Waals surface area contributed by atoms with Crippen LogP contribution in [0.5, 0.6) is 23.0 Å². The van der Waals surface area contributed by atoms with Gasteiger partial charge in [-0.2, -0.15) is 18.3 Å². The van der Waals surface area contributed by atoms with Gasteiger partial charge in [-0.25, -0.2) is 0 Å². The zero-order valence-corrected chi connectivity index (χ0v) is 46.5. The van der Waals surface area contributed by atoms with Crippen molar-refractivity contribution in [2.75, 3.05) is 13.2 Å². The normalized spacial score (nSPS) is 15.0. The van der Waals surface area contributed by atoms with Crippen LogP contribution in [0.4, 0.5) is 0 Å². The Morgan fingerprint density at radius 2 is 0.635 bits per heavy atom. The molecular formula is C66H82N4O4+4. The van der Waals surface area contributed by atoms with E-state index in [2.05, 4.69) is 224 Å². The maximum Gasteiger partial charge on any atom is 0.233 e. The number of aromatic hydroxyl groups is 2. The summed E-state index contributed by atoms with van der Waals surface area (Å²) in [5.41, 5.74) is 14.1. The molecule has 6 aliphatic heterocycles. The molecule has 1 aliphatic carbocycles. The van der Waals surface area contributed by atoms with Crippen LogP contribution in [0.1, 0.15) is 174 Å². The molecule has 7 aromatic rings. The second-order valence-electron chi connectivity index (χ2n) is 25.5. The lowest BCUT2D eigenvalue weighted by Crippen LogP contribution is -2.42. The number of aromatic nitrogens is 4. The summed E-state index contributed by atoms with van der Waals surface area (Å²) in [5.74, 6) is 2.28. The lowest BCUT2D eigenvalue weighted by molar-refractivity contribution is -0.747. The summed E-state index contributed by atoms with van der Waals surface area (Å²) in [4.78, 5) is 0. The number of rotatable bonds is 0. The predicted octanol–water partition coefficient (Wildman–Crippen LogP) is 11.5. The molecule has 16 bridgehead atoms. The van der Waals surface area contributed by atoms with Crippen molar-refractivity contribution in [1.29, 1.82) is 0 Å². The summed E-state index contributed by atoms with van der Waals surface area (Å²) in [6.07, 6.45) is 20.7. The van der Waals surface area contributed by atoms with E-state index in [9.17, 15) is 10.2 Å². The molecule has 8 heteroatoms. The molecule has 0 amide bonds. The van der Waals surface area contributed by atoms with E-state index >= 15 is 0 Å². The monoisotopic (exact) mass is 995 g/mol. The minimum Gasteiger partial charge on any atom is -0.507 e. The Kier molecular flexibility index (Phi) is 14.6. The van der Waals surface area contributed by atoms with Crippen LogP contribution in [0.25, 0.3) is 0 Å². The van der Waals surface area contributed by atoms with Crippen LogP contribution >= 0.6 is 0 Å². The van der Waals surface area contributed by atoms with E-state index in [-0.39, 0.29) is 21.7 Å². The molecule has 0 saturated carbocycles. The summed E-state index contributed by atoms with van der Waals surface area (Å²) < 4.78 is 23.2. The van der Waals surface area contributed by atoms with Gasteiger partial charge in [0, 0.05) is 49.7 Å². The lowest BCUT2D eigenvalue weighted by Gasteiger charge is -2.28. The number of aryl methyl sites for hydroxylation is 2. The van der Waals surface area contributed by atoms with Crippen molar-refractivity contribution in [3.8, 4) is 23.0 Å². The Balaban J connectivity index is 1.25. The summed E-state index contributed by atoms with van der Waals surface area (Å²) in [6, 6.07) is 27.0. The van der Waals surface area contributed by atoms with Crippen molar-refractivity contribution in [3.63, 3.8) is 0 Å². The minimum absolute atomic E-state index is 0.185. The highest BCUT2D eigenvalue weighted by molar-refractivity contribution is 5.59. The Bertz CT molecular complexity index is 2860. The molecule has 2 N–H and O–H groups in total. The maximum absolute atomic E-state index is 12.8. The van der Waals surface area contributed by atoms with Crippen molar-refractivity contribution < 1.29 is 38.0 Å². The molecule has 5 aromatic carbocycles. The number of nitrogens with zero attached hydrogens (tertiary/aromatic N) is 4. The predicted molar refractivity (Wildman–Crippen MR) is 294 cm³/mol. The fraction of sp³-hybridized carbons (Fsp3) is 0.424. The van der Waals surface area contributed by atoms with Crippen LogP contribution in [0.15, 0.2) is 122 Å². The van der Waals surface area contributed by atoms with E-state index in [0.29, 0.717) is 50.4 Å². The minimum atomic E-state index is -0.192. The molecule has 8 heterocycles.